The van der Waals surface area contributed by atoms with Crippen molar-refractivity contribution in [2.45, 2.75) is 56.5 Å². The average molecular weight is 487 g/mol. The monoisotopic (exact) mass is 487 g/mol. The molecule has 2 aliphatic rings. The van der Waals surface area contributed by atoms with E-state index in [1.54, 1.807) is 0 Å². The van der Waals surface area contributed by atoms with Crippen molar-refractivity contribution in [1.82, 2.24) is 14.8 Å². The van der Waals surface area contributed by atoms with Crippen LogP contribution in [0.15, 0.2) is 24.5 Å². The summed E-state index contributed by atoms with van der Waals surface area (Å²) in [5, 5.41) is 14.2. The number of hydrogen-bond donors (Lipinski definition) is 2. The Hall–Kier alpha value is -2.41. The van der Waals surface area contributed by atoms with Crippen molar-refractivity contribution >= 4 is 11.9 Å². The van der Waals surface area contributed by atoms with Gasteiger partial charge in [-0.05, 0) is 50.9 Å². The van der Waals surface area contributed by atoms with E-state index in [1.807, 2.05) is 18.5 Å². The zero-order chi connectivity index (χ0) is 25.3. The molecule has 0 unspecified atom stereocenters. The van der Waals surface area contributed by atoms with Crippen LogP contribution in [0.5, 0.6) is 0 Å². The van der Waals surface area contributed by atoms with E-state index < -0.39 is 24.3 Å². The van der Waals surface area contributed by atoms with Crippen LogP contribution < -0.4 is 0 Å². The van der Waals surface area contributed by atoms with Gasteiger partial charge in [0.2, 0.25) is 0 Å². The van der Waals surface area contributed by atoms with Crippen molar-refractivity contribution in [3.8, 4) is 0 Å². The molecule has 7 nitrogen and oxygen atoms in total. The molecule has 2 saturated heterocycles. The van der Waals surface area contributed by atoms with Crippen LogP contribution in [-0.4, -0.2) is 81.5 Å². The van der Waals surface area contributed by atoms with Crippen molar-refractivity contribution in [1.29, 1.82) is 0 Å². The second kappa shape index (κ2) is 12.2. The quantitative estimate of drug-likeness (QED) is 0.613. The van der Waals surface area contributed by atoms with Gasteiger partial charge < -0.3 is 15.1 Å². The smallest absolute Gasteiger partial charge is 0.475 e. The summed E-state index contributed by atoms with van der Waals surface area (Å²) in [4.78, 5) is 27.2. The number of hydrogen-bond acceptors (Lipinski definition) is 5. The molecule has 0 saturated carbocycles. The Morgan fingerprint density at radius 3 is 1.88 bits per heavy atom. The molecule has 1 aromatic rings. The second-order valence-corrected chi connectivity index (χ2v) is 7.85. The number of aromatic nitrogens is 1. The molecule has 0 atom stereocenters. The predicted octanol–water partition coefficient (Wildman–Crippen LogP) is 3.80. The Morgan fingerprint density at radius 2 is 1.48 bits per heavy atom. The third-order valence-electron chi connectivity index (χ3n) is 5.60. The van der Waals surface area contributed by atoms with Gasteiger partial charge in [-0.15, -0.1) is 0 Å². The highest BCUT2D eigenvalue weighted by atomic mass is 19.4. The maximum Gasteiger partial charge on any atom is 0.490 e. The van der Waals surface area contributed by atoms with E-state index in [9.17, 15) is 26.3 Å². The fourth-order valence-electron chi connectivity index (χ4n) is 3.74. The normalized spacial score (nSPS) is 19.0. The van der Waals surface area contributed by atoms with Crippen LogP contribution in [0.4, 0.5) is 26.3 Å². The van der Waals surface area contributed by atoms with E-state index in [4.69, 9.17) is 19.8 Å². The van der Waals surface area contributed by atoms with Crippen LogP contribution in [0.25, 0.3) is 0 Å². The number of alkyl halides is 6. The number of halogens is 6. The number of rotatable bonds is 2. The first-order valence-corrected chi connectivity index (χ1v) is 10.1. The molecule has 2 N–H and O–H groups in total. The number of piperidine rings is 2. The number of carboxylic acid groups (broad SMARTS) is 2. The average Bonchev–Trinajstić information content (AvgIpc) is 2.72. The maximum absolute atomic E-state index is 10.6. The van der Waals surface area contributed by atoms with Gasteiger partial charge in [-0.1, -0.05) is 12.5 Å². The minimum absolute atomic E-state index is 0.518. The topological polar surface area (TPSA) is 94.0 Å². The Bertz CT molecular complexity index is 726. The van der Waals surface area contributed by atoms with Crippen molar-refractivity contribution in [2.24, 2.45) is 0 Å². The van der Waals surface area contributed by atoms with Crippen LogP contribution in [0.3, 0.4) is 0 Å². The molecule has 188 valence electrons. The molecule has 0 aromatic carbocycles. The minimum Gasteiger partial charge on any atom is -0.475 e. The van der Waals surface area contributed by atoms with E-state index in [0.717, 1.165) is 6.54 Å². The maximum atomic E-state index is 10.6. The van der Waals surface area contributed by atoms with E-state index in [0.29, 0.717) is 5.54 Å². The van der Waals surface area contributed by atoms with Gasteiger partial charge in [0.15, 0.2) is 0 Å². The lowest BCUT2D eigenvalue weighted by Gasteiger charge is -2.50. The van der Waals surface area contributed by atoms with Crippen molar-refractivity contribution in [3.63, 3.8) is 0 Å². The first kappa shape index (κ1) is 28.6. The Kier molecular flexibility index (Phi) is 10.6. The summed E-state index contributed by atoms with van der Waals surface area (Å²) in [6.07, 6.45) is 0.575. The SMILES string of the molecule is CN1CCCCC12CCN(Cc1cccnc1)CC2.O=C(O)C(F)(F)F.O=C(O)C(F)(F)F. The molecule has 3 rings (SSSR count). The van der Waals surface area contributed by atoms with E-state index >= 15 is 0 Å². The molecular formula is C20H27F6N3O4. The number of carbonyl (C=O) groups is 2. The standard InChI is InChI=1S/C16H25N3.2C2HF3O2/c1-18-10-3-2-6-16(18)7-11-19(12-8-16)14-15-5-4-9-17-13-15;2*3-2(4,5)1(6)7/h4-5,9,13H,2-3,6-8,10-12,14H2,1H3;2*(H,6,7). The number of carboxylic acids is 2. The Balaban J connectivity index is 0.000000324. The number of likely N-dealkylation sites (tertiary alicyclic amines) is 2. The molecule has 0 aliphatic carbocycles. The van der Waals surface area contributed by atoms with Crippen LogP contribution >= 0.6 is 0 Å². The molecule has 2 aliphatic heterocycles. The van der Waals surface area contributed by atoms with E-state index in [2.05, 4.69) is 27.9 Å². The zero-order valence-corrected chi connectivity index (χ0v) is 18.0. The lowest BCUT2D eigenvalue weighted by molar-refractivity contribution is -0.193. The Morgan fingerprint density at radius 1 is 0.970 bits per heavy atom. The lowest BCUT2D eigenvalue weighted by Crippen LogP contribution is -2.55. The Labute approximate surface area is 187 Å². The molecule has 0 amide bonds. The molecule has 1 spiro atoms. The fraction of sp³-hybridized carbons (Fsp3) is 0.650. The fourth-order valence-corrected chi connectivity index (χ4v) is 3.74. The second-order valence-electron chi connectivity index (χ2n) is 7.85. The zero-order valence-electron chi connectivity index (χ0n) is 18.0. The largest absolute Gasteiger partial charge is 0.490 e. The molecule has 0 radical (unpaired) electrons. The summed E-state index contributed by atoms with van der Waals surface area (Å²) in [5.41, 5.74) is 1.86. The molecule has 1 aromatic heterocycles. The predicted molar refractivity (Wildman–Crippen MR) is 105 cm³/mol. The third kappa shape index (κ3) is 9.95. The van der Waals surface area contributed by atoms with Crippen molar-refractivity contribution in [3.05, 3.63) is 30.1 Å². The summed E-state index contributed by atoms with van der Waals surface area (Å²) < 4.78 is 63.5. The molecule has 2 fully saturated rings. The summed E-state index contributed by atoms with van der Waals surface area (Å²) in [6.45, 7) is 4.83. The summed E-state index contributed by atoms with van der Waals surface area (Å²) in [6, 6.07) is 4.22. The van der Waals surface area contributed by atoms with Gasteiger partial charge in [0.25, 0.3) is 0 Å². The van der Waals surface area contributed by atoms with Crippen molar-refractivity contribution in [2.75, 3.05) is 26.7 Å². The van der Waals surface area contributed by atoms with Gasteiger partial charge in [0.05, 0.1) is 0 Å². The van der Waals surface area contributed by atoms with Gasteiger partial charge in [-0.3, -0.25) is 9.88 Å². The van der Waals surface area contributed by atoms with Gasteiger partial charge in [0, 0.05) is 37.6 Å². The van der Waals surface area contributed by atoms with Gasteiger partial charge in [-0.2, -0.15) is 26.3 Å². The van der Waals surface area contributed by atoms with Crippen LogP contribution in [0.2, 0.25) is 0 Å². The first-order valence-electron chi connectivity index (χ1n) is 10.1. The van der Waals surface area contributed by atoms with Crippen LogP contribution in [0.1, 0.15) is 37.7 Å². The highest BCUT2D eigenvalue weighted by Gasteiger charge is 2.40. The van der Waals surface area contributed by atoms with Gasteiger partial charge >= 0.3 is 24.3 Å². The van der Waals surface area contributed by atoms with E-state index in [1.165, 1.54) is 57.3 Å². The molecule has 33 heavy (non-hydrogen) atoms. The van der Waals surface area contributed by atoms with Gasteiger partial charge in [-0.25, -0.2) is 9.59 Å². The summed E-state index contributed by atoms with van der Waals surface area (Å²) in [7, 11) is 2.33. The summed E-state index contributed by atoms with van der Waals surface area (Å²) >= 11 is 0. The van der Waals surface area contributed by atoms with E-state index in [-0.39, 0.29) is 0 Å². The first-order chi connectivity index (χ1) is 15.2. The number of pyridine rings is 1. The van der Waals surface area contributed by atoms with Crippen LogP contribution in [0, 0.1) is 0 Å². The molecule has 3 heterocycles. The molecular weight excluding hydrogens is 460 g/mol. The van der Waals surface area contributed by atoms with Crippen LogP contribution in [-0.2, 0) is 16.1 Å². The lowest BCUT2D eigenvalue weighted by atomic mass is 9.79. The highest BCUT2D eigenvalue weighted by molar-refractivity contribution is 5.73. The number of nitrogens with zero attached hydrogens (tertiary/aromatic N) is 3. The molecule has 0 bridgehead atoms. The third-order valence-corrected chi connectivity index (χ3v) is 5.60. The number of aliphatic carboxylic acids is 2. The molecule has 13 heteroatoms. The summed E-state index contributed by atoms with van der Waals surface area (Å²) in [5.74, 6) is -5.51. The van der Waals surface area contributed by atoms with Crippen molar-refractivity contribution < 1.29 is 46.1 Å². The highest BCUT2D eigenvalue weighted by Crippen LogP contribution is 2.36. The minimum atomic E-state index is -5.08. The van der Waals surface area contributed by atoms with Gasteiger partial charge in [0.1, 0.15) is 0 Å².